The van der Waals surface area contributed by atoms with Crippen LogP contribution in [0.1, 0.15) is 25.3 Å². The summed E-state index contributed by atoms with van der Waals surface area (Å²) in [4.78, 5) is 21.0. The molecule has 2 aromatic rings. The van der Waals surface area contributed by atoms with E-state index < -0.39 is 0 Å². The first-order valence-corrected chi connectivity index (χ1v) is 8.10. The molecule has 122 valence electrons. The fourth-order valence-electron chi connectivity index (χ4n) is 3.19. The first-order chi connectivity index (χ1) is 11.2. The Morgan fingerprint density at radius 1 is 1.35 bits per heavy atom. The van der Waals surface area contributed by atoms with Crippen LogP contribution in [0, 0.1) is 0 Å². The lowest BCUT2D eigenvalue weighted by molar-refractivity contribution is -0.134. The largest absolute Gasteiger partial charge is 0.372 e. The maximum atomic E-state index is 12.8. The van der Waals surface area contributed by atoms with Crippen LogP contribution in [-0.4, -0.2) is 45.2 Å². The summed E-state index contributed by atoms with van der Waals surface area (Å²) >= 11 is 0. The number of hydrogen-bond donors (Lipinski definition) is 0. The van der Waals surface area contributed by atoms with Gasteiger partial charge >= 0.3 is 0 Å². The fourth-order valence-corrected chi connectivity index (χ4v) is 3.19. The van der Waals surface area contributed by atoms with E-state index in [2.05, 4.69) is 47.2 Å². The molecule has 2 heterocycles. The minimum atomic E-state index is 0.178. The van der Waals surface area contributed by atoms with E-state index >= 15 is 0 Å². The summed E-state index contributed by atoms with van der Waals surface area (Å²) in [5.74, 6) is 0.178. The van der Waals surface area contributed by atoms with E-state index in [1.54, 1.807) is 11.0 Å². The number of aromatic nitrogens is 3. The number of fused-ring (bicyclic) bond motifs is 1. The van der Waals surface area contributed by atoms with Crippen LogP contribution in [0.5, 0.6) is 0 Å². The van der Waals surface area contributed by atoms with Crippen molar-refractivity contribution in [3.8, 4) is 0 Å². The summed E-state index contributed by atoms with van der Waals surface area (Å²) in [6.45, 7) is 4.26. The molecule has 0 fully saturated rings. The number of para-hydroxylation sites is 1. The van der Waals surface area contributed by atoms with Gasteiger partial charge in [-0.25, -0.2) is 4.98 Å². The van der Waals surface area contributed by atoms with E-state index in [1.807, 2.05) is 11.0 Å². The summed E-state index contributed by atoms with van der Waals surface area (Å²) in [5.41, 5.74) is 2.43. The molecule has 1 aromatic heterocycles. The monoisotopic (exact) mass is 313 g/mol. The Morgan fingerprint density at radius 3 is 2.91 bits per heavy atom. The topological polar surface area (TPSA) is 54.3 Å². The SMILES string of the molecule is CCC1CN(C)c2ccccc2CN1C(=O)CCn1cncn1. The number of carbonyl (C=O) groups is 1. The van der Waals surface area contributed by atoms with E-state index in [1.165, 1.54) is 17.6 Å². The molecule has 0 bridgehead atoms. The van der Waals surface area contributed by atoms with Crippen molar-refractivity contribution in [2.75, 3.05) is 18.5 Å². The van der Waals surface area contributed by atoms with Crippen LogP contribution in [0.2, 0.25) is 0 Å². The molecular weight excluding hydrogens is 290 g/mol. The molecular formula is C17H23N5O. The quantitative estimate of drug-likeness (QED) is 0.865. The van der Waals surface area contributed by atoms with Gasteiger partial charge in [0.05, 0.1) is 6.54 Å². The van der Waals surface area contributed by atoms with Gasteiger partial charge in [0.2, 0.25) is 5.91 Å². The number of rotatable bonds is 4. The third-order valence-electron chi connectivity index (χ3n) is 4.48. The minimum absolute atomic E-state index is 0.178. The van der Waals surface area contributed by atoms with Gasteiger partial charge in [0.1, 0.15) is 12.7 Å². The van der Waals surface area contributed by atoms with Crippen LogP contribution in [-0.2, 0) is 17.9 Å². The average Bonchev–Trinajstić information content (AvgIpc) is 3.04. The highest BCUT2D eigenvalue weighted by molar-refractivity contribution is 5.77. The van der Waals surface area contributed by atoms with Crippen LogP contribution < -0.4 is 4.90 Å². The highest BCUT2D eigenvalue weighted by atomic mass is 16.2. The molecule has 1 aliphatic rings. The molecule has 0 spiro atoms. The van der Waals surface area contributed by atoms with Crippen molar-refractivity contribution < 1.29 is 4.79 Å². The lowest BCUT2D eigenvalue weighted by atomic mass is 10.1. The number of nitrogens with zero attached hydrogens (tertiary/aromatic N) is 5. The van der Waals surface area contributed by atoms with Gasteiger partial charge in [0, 0.05) is 38.3 Å². The minimum Gasteiger partial charge on any atom is -0.372 e. The zero-order valence-electron chi connectivity index (χ0n) is 13.7. The molecule has 0 N–H and O–H groups in total. The van der Waals surface area contributed by atoms with Gasteiger partial charge in [0.15, 0.2) is 0 Å². The number of benzene rings is 1. The molecule has 1 unspecified atom stereocenters. The maximum absolute atomic E-state index is 12.8. The Labute approximate surface area is 136 Å². The molecule has 6 heteroatoms. The lowest BCUT2D eigenvalue weighted by Gasteiger charge is -2.30. The average molecular weight is 313 g/mol. The molecule has 0 aliphatic carbocycles. The predicted molar refractivity (Wildman–Crippen MR) is 89.0 cm³/mol. The van der Waals surface area contributed by atoms with Gasteiger partial charge in [-0.3, -0.25) is 9.48 Å². The normalized spacial score (nSPS) is 17.7. The number of carbonyl (C=O) groups excluding carboxylic acids is 1. The lowest BCUT2D eigenvalue weighted by Crippen LogP contribution is -2.43. The Hall–Kier alpha value is -2.37. The summed E-state index contributed by atoms with van der Waals surface area (Å²) in [5, 5.41) is 4.07. The molecule has 0 saturated carbocycles. The second-order valence-electron chi connectivity index (χ2n) is 6.00. The van der Waals surface area contributed by atoms with Crippen molar-refractivity contribution in [2.45, 2.75) is 38.9 Å². The number of hydrogen-bond acceptors (Lipinski definition) is 4. The molecule has 0 radical (unpaired) electrons. The van der Waals surface area contributed by atoms with Gasteiger partial charge in [-0.2, -0.15) is 5.10 Å². The van der Waals surface area contributed by atoms with E-state index in [-0.39, 0.29) is 11.9 Å². The number of aryl methyl sites for hydroxylation is 1. The van der Waals surface area contributed by atoms with Gasteiger partial charge in [0.25, 0.3) is 0 Å². The van der Waals surface area contributed by atoms with Crippen LogP contribution in [0.4, 0.5) is 5.69 Å². The third kappa shape index (κ3) is 3.36. The van der Waals surface area contributed by atoms with Gasteiger partial charge in [-0.1, -0.05) is 25.1 Å². The van der Waals surface area contributed by atoms with Crippen molar-refractivity contribution in [2.24, 2.45) is 0 Å². The summed E-state index contributed by atoms with van der Waals surface area (Å²) in [6, 6.07) is 8.57. The Morgan fingerprint density at radius 2 is 2.17 bits per heavy atom. The van der Waals surface area contributed by atoms with Crippen molar-refractivity contribution >= 4 is 11.6 Å². The highest BCUT2D eigenvalue weighted by Crippen LogP contribution is 2.27. The van der Waals surface area contributed by atoms with E-state index in [4.69, 9.17) is 0 Å². The van der Waals surface area contributed by atoms with E-state index in [9.17, 15) is 4.79 Å². The van der Waals surface area contributed by atoms with Crippen LogP contribution in [0.25, 0.3) is 0 Å². The summed E-state index contributed by atoms with van der Waals surface area (Å²) in [7, 11) is 2.10. The molecule has 1 aliphatic heterocycles. The van der Waals surface area contributed by atoms with Crippen molar-refractivity contribution in [1.82, 2.24) is 19.7 Å². The smallest absolute Gasteiger partial charge is 0.225 e. The Bertz CT molecular complexity index is 655. The van der Waals surface area contributed by atoms with Gasteiger partial charge < -0.3 is 9.80 Å². The van der Waals surface area contributed by atoms with E-state index in [0.717, 1.165) is 13.0 Å². The van der Waals surface area contributed by atoms with Crippen molar-refractivity contribution in [1.29, 1.82) is 0 Å². The van der Waals surface area contributed by atoms with Crippen molar-refractivity contribution in [3.05, 3.63) is 42.5 Å². The number of amides is 1. The molecule has 0 saturated heterocycles. The third-order valence-corrected chi connectivity index (χ3v) is 4.48. The Kier molecular flexibility index (Phi) is 4.60. The van der Waals surface area contributed by atoms with Crippen molar-refractivity contribution in [3.63, 3.8) is 0 Å². The first-order valence-electron chi connectivity index (χ1n) is 8.10. The number of likely N-dealkylation sites (N-methyl/N-ethyl adjacent to an activating group) is 1. The van der Waals surface area contributed by atoms with Crippen LogP contribution in [0.3, 0.4) is 0 Å². The molecule has 1 aromatic carbocycles. The molecule has 3 rings (SSSR count). The second-order valence-corrected chi connectivity index (χ2v) is 6.00. The molecule has 1 atom stereocenters. The summed E-state index contributed by atoms with van der Waals surface area (Å²) in [6.07, 6.45) is 4.55. The second kappa shape index (κ2) is 6.81. The highest BCUT2D eigenvalue weighted by Gasteiger charge is 2.28. The fraction of sp³-hybridized carbons (Fsp3) is 0.471. The molecule has 1 amide bonds. The summed E-state index contributed by atoms with van der Waals surface area (Å²) < 4.78 is 1.71. The molecule has 23 heavy (non-hydrogen) atoms. The van der Waals surface area contributed by atoms with Crippen LogP contribution >= 0.6 is 0 Å². The predicted octanol–water partition coefficient (Wildman–Crippen LogP) is 1.93. The standard InChI is InChI=1S/C17H23N5O/c1-3-15-11-20(2)16-7-5-4-6-14(16)10-22(15)17(23)8-9-21-13-18-12-19-21/h4-7,12-13,15H,3,8-11H2,1-2H3. The maximum Gasteiger partial charge on any atom is 0.225 e. The van der Waals surface area contributed by atoms with E-state index in [0.29, 0.717) is 19.5 Å². The van der Waals surface area contributed by atoms with Crippen LogP contribution in [0.15, 0.2) is 36.9 Å². The zero-order valence-corrected chi connectivity index (χ0v) is 13.7. The van der Waals surface area contributed by atoms with Gasteiger partial charge in [-0.05, 0) is 18.1 Å². The first kappa shape index (κ1) is 15.5. The van der Waals surface area contributed by atoms with Gasteiger partial charge in [-0.15, -0.1) is 0 Å². The Balaban J connectivity index is 1.77. The molecule has 6 nitrogen and oxygen atoms in total. The number of anilines is 1. The zero-order chi connectivity index (χ0) is 16.2.